The molecule has 6 heteroatoms. The van der Waals surface area contributed by atoms with Gasteiger partial charge in [0, 0.05) is 12.4 Å². The van der Waals surface area contributed by atoms with Gasteiger partial charge in [0.2, 0.25) is 0 Å². The van der Waals surface area contributed by atoms with E-state index in [1.165, 1.54) is 11.3 Å². The van der Waals surface area contributed by atoms with Crippen LogP contribution in [0.25, 0.3) is 10.7 Å². The third kappa shape index (κ3) is 2.65. The van der Waals surface area contributed by atoms with Gasteiger partial charge in [0.1, 0.15) is 15.7 Å². The first-order valence-electron chi connectivity index (χ1n) is 5.28. The molecule has 2 aromatic heterocycles. The van der Waals surface area contributed by atoms with Gasteiger partial charge in [0.05, 0.1) is 16.8 Å². The fourth-order valence-electron chi connectivity index (χ4n) is 1.47. The third-order valence-electron chi connectivity index (χ3n) is 2.19. The van der Waals surface area contributed by atoms with Crippen LogP contribution >= 0.6 is 23.6 Å². The Balaban J connectivity index is 2.44. The van der Waals surface area contributed by atoms with Crippen molar-refractivity contribution in [3.8, 4) is 10.7 Å². The van der Waals surface area contributed by atoms with Crippen molar-refractivity contribution in [1.82, 2.24) is 15.0 Å². The van der Waals surface area contributed by atoms with E-state index in [0.29, 0.717) is 4.99 Å². The van der Waals surface area contributed by atoms with Gasteiger partial charge >= 0.3 is 0 Å². The molecule has 0 aromatic carbocycles. The quantitative estimate of drug-likeness (QED) is 0.858. The Kier molecular flexibility index (Phi) is 3.75. The van der Waals surface area contributed by atoms with Crippen molar-refractivity contribution >= 4 is 28.5 Å². The SMILES string of the molecule is CCCc1nc(-c2cnccn2)sc1C(N)=S. The van der Waals surface area contributed by atoms with Crippen molar-refractivity contribution in [1.29, 1.82) is 0 Å². The van der Waals surface area contributed by atoms with Crippen LogP contribution in [0.5, 0.6) is 0 Å². The minimum absolute atomic E-state index is 0.404. The van der Waals surface area contributed by atoms with Crippen molar-refractivity contribution in [2.75, 3.05) is 0 Å². The first kappa shape index (κ1) is 12.1. The van der Waals surface area contributed by atoms with Crippen molar-refractivity contribution in [2.45, 2.75) is 19.8 Å². The molecule has 0 bridgehead atoms. The van der Waals surface area contributed by atoms with Crippen LogP contribution in [0.1, 0.15) is 23.9 Å². The molecule has 0 fully saturated rings. The number of nitrogens with two attached hydrogens (primary N) is 1. The van der Waals surface area contributed by atoms with Gasteiger partial charge in [-0.25, -0.2) is 4.98 Å². The molecule has 17 heavy (non-hydrogen) atoms. The van der Waals surface area contributed by atoms with Gasteiger partial charge in [-0.2, -0.15) is 0 Å². The minimum atomic E-state index is 0.404. The number of rotatable bonds is 4. The van der Waals surface area contributed by atoms with Crippen LogP contribution in [0.3, 0.4) is 0 Å². The van der Waals surface area contributed by atoms with Gasteiger partial charge in [-0.1, -0.05) is 25.6 Å². The van der Waals surface area contributed by atoms with Gasteiger partial charge in [-0.05, 0) is 6.42 Å². The molecule has 2 heterocycles. The van der Waals surface area contributed by atoms with Gasteiger partial charge < -0.3 is 5.73 Å². The van der Waals surface area contributed by atoms with E-state index in [0.717, 1.165) is 34.1 Å². The summed E-state index contributed by atoms with van der Waals surface area (Å²) in [5.41, 5.74) is 7.43. The lowest BCUT2D eigenvalue weighted by Gasteiger charge is -1.96. The first-order valence-corrected chi connectivity index (χ1v) is 6.50. The Morgan fingerprint density at radius 1 is 1.47 bits per heavy atom. The Morgan fingerprint density at radius 2 is 2.29 bits per heavy atom. The number of hydrogen-bond donors (Lipinski definition) is 1. The summed E-state index contributed by atoms with van der Waals surface area (Å²) in [5, 5.41) is 0.823. The fourth-order valence-corrected chi connectivity index (χ4v) is 2.64. The van der Waals surface area contributed by atoms with Crippen LogP contribution in [0, 0.1) is 0 Å². The van der Waals surface area contributed by atoms with E-state index in [-0.39, 0.29) is 0 Å². The zero-order valence-corrected chi connectivity index (χ0v) is 11.0. The molecule has 0 spiro atoms. The van der Waals surface area contributed by atoms with Crippen molar-refractivity contribution in [3.63, 3.8) is 0 Å². The lowest BCUT2D eigenvalue weighted by atomic mass is 10.2. The lowest BCUT2D eigenvalue weighted by Crippen LogP contribution is -2.09. The monoisotopic (exact) mass is 264 g/mol. The van der Waals surface area contributed by atoms with E-state index >= 15 is 0 Å². The van der Waals surface area contributed by atoms with Gasteiger partial charge in [0.15, 0.2) is 0 Å². The van der Waals surface area contributed by atoms with Crippen LogP contribution < -0.4 is 5.73 Å². The summed E-state index contributed by atoms with van der Waals surface area (Å²) in [5.74, 6) is 0. The summed E-state index contributed by atoms with van der Waals surface area (Å²) < 4.78 is 0. The molecule has 2 aromatic rings. The molecule has 0 radical (unpaired) electrons. The smallest absolute Gasteiger partial charge is 0.144 e. The van der Waals surface area contributed by atoms with Gasteiger partial charge in [-0.15, -0.1) is 11.3 Å². The van der Waals surface area contributed by atoms with Crippen LogP contribution in [0.2, 0.25) is 0 Å². The second-order valence-corrected chi connectivity index (χ2v) is 4.94. The second-order valence-electron chi connectivity index (χ2n) is 3.50. The van der Waals surface area contributed by atoms with Crippen LogP contribution in [-0.4, -0.2) is 19.9 Å². The topological polar surface area (TPSA) is 64.7 Å². The molecule has 0 unspecified atom stereocenters. The largest absolute Gasteiger partial charge is 0.389 e. The van der Waals surface area contributed by atoms with E-state index in [2.05, 4.69) is 21.9 Å². The molecule has 2 N–H and O–H groups in total. The van der Waals surface area contributed by atoms with E-state index in [1.54, 1.807) is 18.6 Å². The summed E-state index contributed by atoms with van der Waals surface area (Å²) in [7, 11) is 0. The molecule has 4 nitrogen and oxygen atoms in total. The van der Waals surface area contributed by atoms with Crippen molar-refractivity contribution in [3.05, 3.63) is 29.2 Å². The maximum absolute atomic E-state index is 5.70. The molecule has 0 aliphatic carbocycles. The number of hydrogen-bond acceptors (Lipinski definition) is 5. The molecule has 88 valence electrons. The predicted molar refractivity (Wildman–Crippen MR) is 73.0 cm³/mol. The Bertz CT molecular complexity index is 522. The maximum Gasteiger partial charge on any atom is 0.144 e. The summed E-state index contributed by atoms with van der Waals surface area (Å²) >= 11 is 6.52. The van der Waals surface area contributed by atoms with Crippen LogP contribution in [0.4, 0.5) is 0 Å². The van der Waals surface area contributed by atoms with Crippen molar-refractivity contribution in [2.24, 2.45) is 5.73 Å². The average Bonchev–Trinajstić information content (AvgIpc) is 2.75. The third-order valence-corrected chi connectivity index (χ3v) is 3.68. The fraction of sp³-hybridized carbons (Fsp3) is 0.273. The molecule has 0 saturated heterocycles. The highest BCUT2D eigenvalue weighted by atomic mass is 32.1. The summed E-state index contributed by atoms with van der Waals surface area (Å²) in [4.78, 5) is 14.1. The minimum Gasteiger partial charge on any atom is -0.389 e. The maximum atomic E-state index is 5.70. The summed E-state index contributed by atoms with van der Waals surface area (Å²) in [6, 6.07) is 0. The molecule has 2 rings (SSSR count). The normalized spacial score (nSPS) is 10.4. The highest BCUT2D eigenvalue weighted by Gasteiger charge is 2.14. The Labute approximate surface area is 109 Å². The Morgan fingerprint density at radius 3 is 2.88 bits per heavy atom. The molecule has 0 atom stereocenters. The lowest BCUT2D eigenvalue weighted by molar-refractivity contribution is 0.891. The molecule has 0 saturated carbocycles. The van der Waals surface area contributed by atoms with Crippen LogP contribution in [0.15, 0.2) is 18.6 Å². The molecule has 0 amide bonds. The molecule has 0 aliphatic heterocycles. The van der Waals surface area contributed by atoms with E-state index in [4.69, 9.17) is 18.0 Å². The zero-order chi connectivity index (χ0) is 12.3. The van der Waals surface area contributed by atoms with E-state index < -0.39 is 0 Å². The first-order chi connectivity index (χ1) is 8.22. The summed E-state index contributed by atoms with van der Waals surface area (Å²) in [6.07, 6.45) is 6.87. The number of thiocarbonyl (C=S) groups is 1. The average molecular weight is 264 g/mol. The standard InChI is InChI=1S/C11H12N4S2/c1-2-3-7-9(10(12)16)17-11(15-7)8-6-13-4-5-14-8/h4-6H,2-3H2,1H3,(H2,12,16). The number of thiazole rings is 1. The highest BCUT2D eigenvalue weighted by molar-refractivity contribution is 7.81. The second kappa shape index (κ2) is 5.29. The van der Waals surface area contributed by atoms with Crippen molar-refractivity contribution < 1.29 is 0 Å². The number of aryl methyl sites for hydroxylation is 1. The Hall–Kier alpha value is -1.40. The van der Waals surface area contributed by atoms with Gasteiger partial charge in [0.25, 0.3) is 0 Å². The van der Waals surface area contributed by atoms with Gasteiger partial charge in [-0.3, -0.25) is 9.97 Å². The van der Waals surface area contributed by atoms with E-state index in [1.807, 2.05) is 0 Å². The number of nitrogens with zero attached hydrogens (tertiary/aromatic N) is 3. The molecule has 0 aliphatic rings. The van der Waals surface area contributed by atoms with Crippen LogP contribution in [-0.2, 0) is 6.42 Å². The number of aromatic nitrogens is 3. The predicted octanol–water partition coefficient (Wildman–Crippen LogP) is 2.19. The summed E-state index contributed by atoms with van der Waals surface area (Å²) in [6.45, 7) is 2.10. The highest BCUT2D eigenvalue weighted by Crippen LogP contribution is 2.27. The molecular weight excluding hydrogens is 252 g/mol. The zero-order valence-electron chi connectivity index (χ0n) is 9.38. The molecular formula is C11H12N4S2. The van der Waals surface area contributed by atoms with E-state index in [9.17, 15) is 0 Å².